The molecule has 0 spiro atoms. The van der Waals surface area contributed by atoms with Crippen LogP contribution in [0.2, 0.25) is 0 Å². The van der Waals surface area contributed by atoms with Crippen molar-refractivity contribution in [2.24, 2.45) is 5.73 Å². The average molecular weight is 214 g/mol. The highest BCUT2D eigenvalue weighted by Gasteiger charge is 2.16. The third kappa shape index (κ3) is 2.99. The van der Waals surface area contributed by atoms with Crippen LogP contribution in [0.1, 0.15) is 17.3 Å². The molecule has 1 unspecified atom stereocenters. The molecule has 1 aromatic carbocycles. The van der Waals surface area contributed by atoms with Gasteiger partial charge in [-0.05, 0) is 19.1 Å². The van der Waals surface area contributed by atoms with Gasteiger partial charge in [0, 0.05) is 12.6 Å². The molecule has 0 aliphatic rings. The number of amides is 1. The zero-order valence-electron chi connectivity index (χ0n) is 8.26. The third-order valence-corrected chi connectivity index (χ3v) is 1.77. The first-order valence-corrected chi connectivity index (χ1v) is 4.50. The van der Waals surface area contributed by atoms with Gasteiger partial charge in [-0.1, -0.05) is 6.07 Å². The van der Waals surface area contributed by atoms with E-state index in [2.05, 4.69) is 5.32 Å². The van der Waals surface area contributed by atoms with Crippen molar-refractivity contribution in [2.45, 2.75) is 13.0 Å². The van der Waals surface area contributed by atoms with Crippen LogP contribution in [0.15, 0.2) is 18.2 Å². The van der Waals surface area contributed by atoms with Gasteiger partial charge >= 0.3 is 0 Å². The minimum atomic E-state index is -0.878. The Kier molecular flexibility index (Phi) is 3.74. The molecule has 1 amide bonds. The number of hydrogen-bond donors (Lipinski definition) is 2. The molecule has 15 heavy (non-hydrogen) atoms. The minimum Gasteiger partial charge on any atom is -0.350 e. The summed E-state index contributed by atoms with van der Waals surface area (Å²) in [6, 6.07) is 3.00. The fourth-order valence-corrected chi connectivity index (χ4v) is 1.06. The molecular weight excluding hydrogens is 202 g/mol. The van der Waals surface area contributed by atoms with E-state index in [1.807, 2.05) is 0 Å². The smallest absolute Gasteiger partial charge is 0.257 e. The molecular formula is C10H12F2N2O. The Bertz CT molecular complexity index is 346. The van der Waals surface area contributed by atoms with Crippen LogP contribution in [-0.2, 0) is 0 Å². The van der Waals surface area contributed by atoms with Crippen LogP contribution in [0.5, 0.6) is 0 Å². The largest absolute Gasteiger partial charge is 0.350 e. The number of nitrogens with two attached hydrogens (primary N) is 1. The van der Waals surface area contributed by atoms with E-state index in [1.54, 1.807) is 6.92 Å². The number of benzene rings is 1. The summed E-state index contributed by atoms with van der Waals surface area (Å²) in [5.74, 6) is -2.54. The summed E-state index contributed by atoms with van der Waals surface area (Å²) in [4.78, 5) is 11.3. The monoisotopic (exact) mass is 214 g/mol. The number of carbonyl (C=O) groups excluding carboxylic acids is 1. The zero-order chi connectivity index (χ0) is 11.4. The zero-order valence-corrected chi connectivity index (χ0v) is 8.26. The number of halogens is 2. The van der Waals surface area contributed by atoms with Crippen molar-refractivity contribution in [2.75, 3.05) is 6.54 Å². The van der Waals surface area contributed by atoms with Crippen molar-refractivity contribution in [3.8, 4) is 0 Å². The molecule has 1 rings (SSSR count). The molecule has 0 bridgehead atoms. The fourth-order valence-electron chi connectivity index (χ4n) is 1.06. The predicted octanol–water partition coefficient (Wildman–Crippen LogP) is 1.04. The molecule has 82 valence electrons. The summed E-state index contributed by atoms with van der Waals surface area (Å²) < 4.78 is 26.2. The van der Waals surface area contributed by atoms with Gasteiger partial charge in [0.15, 0.2) is 0 Å². The van der Waals surface area contributed by atoms with E-state index < -0.39 is 23.1 Å². The Morgan fingerprint density at radius 3 is 2.47 bits per heavy atom. The second-order valence-electron chi connectivity index (χ2n) is 3.28. The topological polar surface area (TPSA) is 55.1 Å². The molecule has 5 heteroatoms. The maximum Gasteiger partial charge on any atom is 0.257 e. The summed E-state index contributed by atoms with van der Waals surface area (Å²) in [5.41, 5.74) is 4.82. The van der Waals surface area contributed by atoms with E-state index in [-0.39, 0.29) is 12.6 Å². The van der Waals surface area contributed by atoms with E-state index in [9.17, 15) is 13.6 Å². The molecule has 3 nitrogen and oxygen atoms in total. The highest BCUT2D eigenvalue weighted by Crippen LogP contribution is 2.11. The summed E-state index contributed by atoms with van der Waals surface area (Å²) in [6.07, 6.45) is 0. The molecule has 0 saturated heterocycles. The predicted molar refractivity (Wildman–Crippen MR) is 52.3 cm³/mol. The molecule has 3 N–H and O–H groups in total. The number of rotatable bonds is 3. The van der Waals surface area contributed by atoms with E-state index >= 15 is 0 Å². The lowest BCUT2D eigenvalue weighted by atomic mass is 10.2. The van der Waals surface area contributed by atoms with Gasteiger partial charge in [0.05, 0.1) is 0 Å². The maximum absolute atomic E-state index is 13.1. The van der Waals surface area contributed by atoms with Crippen LogP contribution >= 0.6 is 0 Å². The number of nitrogens with one attached hydrogen (secondary N) is 1. The van der Waals surface area contributed by atoms with E-state index in [1.165, 1.54) is 6.07 Å². The lowest BCUT2D eigenvalue weighted by Gasteiger charge is -2.08. The quantitative estimate of drug-likeness (QED) is 0.790. The van der Waals surface area contributed by atoms with Crippen LogP contribution in [-0.4, -0.2) is 18.5 Å². The van der Waals surface area contributed by atoms with Crippen LogP contribution in [0.25, 0.3) is 0 Å². The van der Waals surface area contributed by atoms with Gasteiger partial charge < -0.3 is 11.1 Å². The second-order valence-corrected chi connectivity index (χ2v) is 3.28. The Labute approximate surface area is 86.3 Å². The van der Waals surface area contributed by atoms with Crippen molar-refractivity contribution < 1.29 is 13.6 Å². The Hall–Kier alpha value is -1.49. The van der Waals surface area contributed by atoms with Gasteiger partial charge in [-0.15, -0.1) is 0 Å². The molecule has 0 aromatic heterocycles. The Balaban J connectivity index is 2.82. The SMILES string of the molecule is CC(N)CNC(=O)c1c(F)cccc1F. The first-order valence-electron chi connectivity index (χ1n) is 4.50. The summed E-state index contributed by atoms with van der Waals surface area (Å²) in [7, 11) is 0. The molecule has 0 aliphatic heterocycles. The van der Waals surface area contributed by atoms with Crippen molar-refractivity contribution >= 4 is 5.91 Å². The molecule has 0 fully saturated rings. The summed E-state index contributed by atoms with van der Waals surface area (Å²) >= 11 is 0. The number of carbonyl (C=O) groups is 1. The van der Waals surface area contributed by atoms with Crippen LogP contribution < -0.4 is 11.1 Å². The lowest BCUT2D eigenvalue weighted by molar-refractivity contribution is 0.0943. The first-order chi connectivity index (χ1) is 7.02. The second kappa shape index (κ2) is 4.84. The summed E-state index contributed by atoms with van der Waals surface area (Å²) in [6.45, 7) is 1.85. The first kappa shape index (κ1) is 11.6. The van der Waals surface area contributed by atoms with Gasteiger partial charge in [0.25, 0.3) is 5.91 Å². The van der Waals surface area contributed by atoms with Crippen molar-refractivity contribution in [3.05, 3.63) is 35.4 Å². The van der Waals surface area contributed by atoms with Gasteiger partial charge in [-0.2, -0.15) is 0 Å². The lowest BCUT2D eigenvalue weighted by Crippen LogP contribution is -2.35. The highest BCUT2D eigenvalue weighted by atomic mass is 19.1. The Morgan fingerprint density at radius 2 is 2.00 bits per heavy atom. The maximum atomic E-state index is 13.1. The third-order valence-electron chi connectivity index (χ3n) is 1.77. The fraction of sp³-hybridized carbons (Fsp3) is 0.300. The molecule has 0 aliphatic carbocycles. The standard InChI is InChI=1S/C10H12F2N2O/c1-6(13)5-14-10(15)9-7(11)3-2-4-8(9)12/h2-4,6H,5,13H2,1H3,(H,14,15). The van der Waals surface area contributed by atoms with Gasteiger partial charge in [0.2, 0.25) is 0 Å². The van der Waals surface area contributed by atoms with Gasteiger partial charge in [-0.3, -0.25) is 4.79 Å². The average Bonchev–Trinajstić information content (AvgIpc) is 2.14. The van der Waals surface area contributed by atoms with E-state index in [4.69, 9.17) is 5.73 Å². The van der Waals surface area contributed by atoms with Crippen molar-refractivity contribution in [1.29, 1.82) is 0 Å². The van der Waals surface area contributed by atoms with E-state index in [0.29, 0.717) is 0 Å². The van der Waals surface area contributed by atoms with E-state index in [0.717, 1.165) is 12.1 Å². The van der Waals surface area contributed by atoms with Crippen molar-refractivity contribution in [3.63, 3.8) is 0 Å². The molecule has 1 aromatic rings. The minimum absolute atomic E-state index is 0.173. The molecule has 0 radical (unpaired) electrons. The normalized spacial score (nSPS) is 12.3. The van der Waals surface area contributed by atoms with Crippen LogP contribution in [0.4, 0.5) is 8.78 Å². The van der Waals surface area contributed by atoms with Gasteiger partial charge in [0.1, 0.15) is 17.2 Å². The summed E-state index contributed by atoms with van der Waals surface area (Å²) in [5, 5.41) is 2.34. The molecule has 0 heterocycles. The van der Waals surface area contributed by atoms with Gasteiger partial charge in [-0.25, -0.2) is 8.78 Å². The molecule has 0 saturated carbocycles. The van der Waals surface area contributed by atoms with Crippen molar-refractivity contribution in [1.82, 2.24) is 5.32 Å². The van der Waals surface area contributed by atoms with Crippen LogP contribution in [0.3, 0.4) is 0 Å². The Morgan fingerprint density at radius 1 is 1.47 bits per heavy atom. The number of hydrogen-bond acceptors (Lipinski definition) is 2. The molecule has 1 atom stereocenters. The van der Waals surface area contributed by atoms with Crippen LogP contribution in [0, 0.1) is 11.6 Å². The highest BCUT2D eigenvalue weighted by molar-refractivity contribution is 5.94.